The predicted molar refractivity (Wildman–Crippen MR) is 107 cm³/mol. The van der Waals surface area contributed by atoms with Gasteiger partial charge in [-0.3, -0.25) is 19.3 Å². The third-order valence-electron chi connectivity index (χ3n) is 5.25. The van der Waals surface area contributed by atoms with E-state index in [1.807, 2.05) is 0 Å². The van der Waals surface area contributed by atoms with Crippen molar-refractivity contribution in [3.8, 4) is 0 Å². The molecule has 0 radical (unpaired) electrons. The molecule has 0 saturated carbocycles. The minimum atomic E-state index is -0.684. The smallest absolute Gasteiger partial charge is 0.410 e. The summed E-state index contributed by atoms with van der Waals surface area (Å²) in [4.78, 5) is 53.4. The third-order valence-corrected chi connectivity index (χ3v) is 5.25. The van der Waals surface area contributed by atoms with Crippen molar-refractivity contribution in [3.05, 3.63) is 0 Å². The molecule has 164 valence electrons. The van der Waals surface area contributed by atoms with Crippen LogP contribution < -0.4 is 10.6 Å². The lowest BCUT2D eigenvalue weighted by Gasteiger charge is -2.38. The van der Waals surface area contributed by atoms with Crippen LogP contribution in [-0.4, -0.2) is 77.5 Å². The van der Waals surface area contributed by atoms with Crippen molar-refractivity contribution in [2.45, 2.75) is 83.5 Å². The largest absolute Gasteiger partial charge is 0.444 e. The lowest BCUT2D eigenvalue weighted by atomic mass is 9.99. The number of rotatable bonds is 4. The number of nitrogens with zero attached hydrogens (tertiary/aromatic N) is 2. The van der Waals surface area contributed by atoms with Crippen molar-refractivity contribution in [1.29, 1.82) is 0 Å². The van der Waals surface area contributed by atoms with Gasteiger partial charge >= 0.3 is 6.09 Å². The van der Waals surface area contributed by atoms with Crippen LogP contribution in [0.15, 0.2) is 0 Å². The molecule has 9 nitrogen and oxygen atoms in total. The summed E-state index contributed by atoms with van der Waals surface area (Å²) in [6.45, 7) is 7.89. The highest BCUT2D eigenvalue weighted by Gasteiger charge is 2.42. The van der Waals surface area contributed by atoms with Gasteiger partial charge in [0.1, 0.15) is 23.7 Å². The van der Waals surface area contributed by atoms with Crippen molar-refractivity contribution in [3.63, 3.8) is 0 Å². The number of amides is 4. The molecule has 4 amide bonds. The molecule has 29 heavy (non-hydrogen) atoms. The molecule has 2 rings (SSSR count). The number of carbonyl (C=O) groups excluding carboxylic acids is 4. The van der Waals surface area contributed by atoms with Crippen molar-refractivity contribution in [2.24, 2.45) is 0 Å². The fourth-order valence-electron chi connectivity index (χ4n) is 3.81. The normalized spacial score (nSPS) is 23.3. The van der Waals surface area contributed by atoms with Crippen molar-refractivity contribution >= 4 is 23.8 Å². The van der Waals surface area contributed by atoms with Crippen molar-refractivity contribution in [2.75, 3.05) is 20.1 Å². The maximum atomic E-state index is 13.3. The lowest BCUT2D eigenvalue weighted by molar-refractivity contribution is -0.146. The first-order chi connectivity index (χ1) is 13.5. The number of piperidine rings is 1. The minimum Gasteiger partial charge on any atom is -0.444 e. The monoisotopic (exact) mass is 410 g/mol. The van der Waals surface area contributed by atoms with Gasteiger partial charge in [-0.05, 0) is 59.8 Å². The van der Waals surface area contributed by atoms with Crippen LogP contribution in [0, 0.1) is 0 Å². The molecule has 0 aromatic rings. The Hall–Kier alpha value is -2.32. The molecule has 0 aromatic heterocycles. The molecule has 2 aliphatic heterocycles. The molecule has 2 heterocycles. The minimum absolute atomic E-state index is 0.221. The van der Waals surface area contributed by atoms with E-state index in [-0.39, 0.29) is 17.7 Å². The molecule has 2 aliphatic rings. The molecule has 0 bridgehead atoms. The van der Waals surface area contributed by atoms with Gasteiger partial charge in [0.25, 0.3) is 0 Å². The topological polar surface area (TPSA) is 108 Å². The Balaban J connectivity index is 2.10. The van der Waals surface area contributed by atoms with Gasteiger partial charge in [0.05, 0.1) is 0 Å². The standard InChI is InChI=1S/C20H34N4O5/c1-13(16(25)21-5)22-17(26)14-9-6-7-11-23(14)18(27)15-10-8-12-24(15)19(28)29-20(2,3)4/h13-15H,6-12H2,1-5H3,(H,21,25)(H,22,26)/t13-,14-,15-/m0/s1. The molecule has 0 unspecified atom stereocenters. The van der Waals surface area contributed by atoms with Crippen LogP contribution in [-0.2, 0) is 19.1 Å². The van der Waals surface area contributed by atoms with E-state index < -0.39 is 29.8 Å². The van der Waals surface area contributed by atoms with Gasteiger partial charge in [-0.25, -0.2) is 4.79 Å². The molecular weight excluding hydrogens is 376 g/mol. The maximum absolute atomic E-state index is 13.3. The predicted octanol–water partition coefficient (Wildman–Crippen LogP) is 1.02. The second-order valence-corrected chi connectivity index (χ2v) is 8.72. The number of nitrogens with one attached hydrogen (secondary N) is 2. The number of hydrogen-bond acceptors (Lipinski definition) is 5. The molecular formula is C20H34N4O5. The third kappa shape index (κ3) is 5.83. The van der Waals surface area contributed by atoms with E-state index in [1.165, 1.54) is 11.9 Å². The van der Waals surface area contributed by atoms with Gasteiger partial charge in [-0.2, -0.15) is 0 Å². The van der Waals surface area contributed by atoms with E-state index in [4.69, 9.17) is 4.74 Å². The first-order valence-corrected chi connectivity index (χ1v) is 10.4. The molecule has 9 heteroatoms. The Morgan fingerprint density at radius 3 is 2.21 bits per heavy atom. The Labute approximate surface area is 172 Å². The second-order valence-electron chi connectivity index (χ2n) is 8.72. The van der Waals surface area contributed by atoms with Crippen LogP contribution in [0.25, 0.3) is 0 Å². The highest BCUT2D eigenvalue weighted by atomic mass is 16.6. The van der Waals surface area contributed by atoms with Gasteiger partial charge in [-0.15, -0.1) is 0 Å². The molecule has 2 fully saturated rings. The molecule has 0 spiro atoms. The van der Waals surface area contributed by atoms with Gasteiger partial charge in [0.2, 0.25) is 17.7 Å². The summed E-state index contributed by atoms with van der Waals surface area (Å²) in [5.74, 6) is -0.851. The molecule has 0 aliphatic carbocycles. The van der Waals surface area contributed by atoms with Gasteiger partial charge in [-0.1, -0.05) is 0 Å². The first kappa shape index (κ1) is 23.0. The van der Waals surface area contributed by atoms with Gasteiger partial charge in [0.15, 0.2) is 0 Å². The number of ether oxygens (including phenoxy) is 1. The SMILES string of the molecule is CNC(=O)[C@H](C)NC(=O)[C@@H]1CCCCN1C(=O)[C@@H]1CCCN1C(=O)OC(C)(C)C. The summed E-state index contributed by atoms with van der Waals surface area (Å²) in [5.41, 5.74) is -0.642. The average Bonchev–Trinajstić information content (AvgIpc) is 3.15. The van der Waals surface area contributed by atoms with E-state index in [0.29, 0.717) is 32.4 Å². The van der Waals surface area contributed by atoms with Crippen LogP contribution in [0.2, 0.25) is 0 Å². The molecule has 2 N–H and O–H groups in total. The number of carbonyl (C=O) groups is 4. The number of likely N-dealkylation sites (N-methyl/N-ethyl adjacent to an activating group) is 1. The number of likely N-dealkylation sites (tertiary alicyclic amines) is 2. The van der Waals surface area contributed by atoms with Crippen LogP contribution in [0.5, 0.6) is 0 Å². The van der Waals surface area contributed by atoms with Gasteiger partial charge < -0.3 is 20.3 Å². The fraction of sp³-hybridized carbons (Fsp3) is 0.800. The number of hydrogen-bond donors (Lipinski definition) is 2. The second kappa shape index (κ2) is 9.45. The van der Waals surface area contributed by atoms with E-state index in [9.17, 15) is 19.2 Å². The summed E-state index contributed by atoms with van der Waals surface area (Å²) >= 11 is 0. The Kier molecular flexibility index (Phi) is 7.48. The average molecular weight is 411 g/mol. The van der Waals surface area contributed by atoms with Crippen LogP contribution in [0.3, 0.4) is 0 Å². The quantitative estimate of drug-likeness (QED) is 0.719. The lowest BCUT2D eigenvalue weighted by Crippen LogP contribution is -2.58. The zero-order valence-corrected chi connectivity index (χ0v) is 18.1. The highest BCUT2D eigenvalue weighted by molar-refractivity contribution is 5.94. The van der Waals surface area contributed by atoms with Crippen molar-refractivity contribution in [1.82, 2.24) is 20.4 Å². The summed E-state index contributed by atoms with van der Waals surface area (Å²) in [7, 11) is 1.51. The van der Waals surface area contributed by atoms with Crippen LogP contribution in [0.1, 0.15) is 59.8 Å². The summed E-state index contributed by atoms with van der Waals surface area (Å²) < 4.78 is 5.45. The summed E-state index contributed by atoms with van der Waals surface area (Å²) in [6, 6.07) is -1.94. The Bertz CT molecular complexity index is 645. The van der Waals surface area contributed by atoms with E-state index >= 15 is 0 Å². The Morgan fingerprint density at radius 2 is 1.59 bits per heavy atom. The zero-order valence-electron chi connectivity index (χ0n) is 18.1. The highest BCUT2D eigenvalue weighted by Crippen LogP contribution is 2.26. The van der Waals surface area contributed by atoms with Gasteiger partial charge in [0, 0.05) is 20.1 Å². The molecule has 2 saturated heterocycles. The van der Waals surface area contributed by atoms with E-state index in [2.05, 4.69) is 10.6 Å². The van der Waals surface area contributed by atoms with E-state index in [1.54, 1.807) is 32.6 Å². The van der Waals surface area contributed by atoms with Crippen LogP contribution >= 0.6 is 0 Å². The summed E-state index contributed by atoms with van der Waals surface area (Å²) in [6.07, 6.45) is 2.94. The Morgan fingerprint density at radius 1 is 0.966 bits per heavy atom. The molecule has 0 aromatic carbocycles. The first-order valence-electron chi connectivity index (χ1n) is 10.4. The summed E-state index contributed by atoms with van der Waals surface area (Å²) in [5, 5.41) is 5.19. The zero-order chi connectivity index (χ0) is 21.8. The molecule has 3 atom stereocenters. The fourth-order valence-corrected chi connectivity index (χ4v) is 3.81. The van der Waals surface area contributed by atoms with Crippen LogP contribution in [0.4, 0.5) is 4.79 Å². The van der Waals surface area contributed by atoms with Crippen molar-refractivity contribution < 1.29 is 23.9 Å². The van der Waals surface area contributed by atoms with E-state index in [0.717, 1.165) is 12.8 Å². The maximum Gasteiger partial charge on any atom is 0.410 e.